The summed E-state index contributed by atoms with van der Waals surface area (Å²) in [5.74, 6) is -0.886. The molecule has 4 aromatic rings. The van der Waals surface area contributed by atoms with Crippen LogP contribution in [0.2, 0.25) is 5.02 Å². The van der Waals surface area contributed by atoms with E-state index in [4.69, 9.17) is 16.0 Å². The van der Waals surface area contributed by atoms with Gasteiger partial charge in [0, 0.05) is 29.1 Å². The molecule has 0 unspecified atom stereocenters. The van der Waals surface area contributed by atoms with E-state index >= 15 is 4.39 Å². The lowest BCUT2D eigenvalue weighted by molar-refractivity contribution is -0.141. The Balaban J connectivity index is 1.39. The van der Waals surface area contributed by atoms with Crippen molar-refractivity contribution in [1.29, 1.82) is 0 Å². The van der Waals surface area contributed by atoms with E-state index in [1.54, 1.807) is 0 Å². The molecule has 2 atom stereocenters. The van der Waals surface area contributed by atoms with Crippen molar-refractivity contribution in [2.45, 2.75) is 25.3 Å². The molecule has 1 saturated heterocycles. The zero-order valence-corrected chi connectivity index (χ0v) is 19.2. The summed E-state index contributed by atoms with van der Waals surface area (Å²) in [6, 6.07) is 19.6. The summed E-state index contributed by atoms with van der Waals surface area (Å²) in [5, 5.41) is 10.6. The third kappa shape index (κ3) is 3.42. The first-order valence-corrected chi connectivity index (χ1v) is 11.9. The van der Waals surface area contributed by atoms with Gasteiger partial charge in [-0.05, 0) is 60.7 Å². The summed E-state index contributed by atoms with van der Waals surface area (Å²) in [7, 11) is 0. The van der Waals surface area contributed by atoms with E-state index < -0.39 is 5.97 Å². The number of benzene rings is 3. The molecule has 172 valence electrons. The first-order chi connectivity index (χ1) is 16.5. The molecule has 2 heterocycles. The zero-order valence-electron chi connectivity index (χ0n) is 18.4. The van der Waals surface area contributed by atoms with Crippen LogP contribution in [-0.4, -0.2) is 29.1 Å². The van der Waals surface area contributed by atoms with Crippen molar-refractivity contribution < 1.29 is 18.7 Å². The van der Waals surface area contributed by atoms with Gasteiger partial charge in [-0.2, -0.15) is 0 Å². The molecule has 2 aliphatic rings. The number of fused-ring (bicyclic) bond motifs is 2. The minimum atomic E-state index is -0.753. The van der Waals surface area contributed by atoms with Crippen molar-refractivity contribution in [1.82, 2.24) is 4.90 Å². The van der Waals surface area contributed by atoms with Crippen molar-refractivity contribution in [3.05, 3.63) is 82.6 Å². The first kappa shape index (κ1) is 21.4. The van der Waals surface area contributed by atoms with Gasteiger partial charge in [0.15, 0.2) is 11.4 Å². The lowest BCUT2D eigenvalue weighted by Crippen LogP contribution is -2.26. The van der Waals surface area contributed by atoms with Gasteiger partial charge >= 0.3 is 5.97 Å². The molecule has 6 heteroatoms. The second-order valence-electron chi connectivity index (χ2n) is 9.19. The summed E-state index contributed by atoms with van der Waals surface area (Å²) < 4.78 is 21.6. The van der Waals surface area contributed by atoms with Crippen molar-refractivity contribution >= 4 is 28.5 Å². The van der Waals surface area contributed by atoms with E-state index in [0.717, 1.165) is 35.2 Å². The highest BCUT2D eigenvalue weighted by molar-refractivity contribution is 6.36. The molecule has 1 fully saturated rings. The number of carboxylic acids is 1. The van der Waals surface area contributed by atoms with Crippen LogP contribution in [-0.2, 0) is 11.2 Å². The maximum absolute atomic E-state index is 15.6. The molecule has 0 saturated carbocycles. The molecule has 6 rings (SSSR count). The Morgan fingerprint density at radius 2 is 1.85 bits per heavy atom. The van der Waals surface area contributed by atoms with Gasteiger partial charge in [-0.25, -0.2) is 4.39 Å². The molecule has 34 heavy (non-hydrogen) atoms. The molecule has 1 aliphatic carbocycles. The lowest BCUT2D eigenvalue weighted by atomic mass is 10.0. The summed E-state index contributed by atoms with van der Waals surface area (Å²) in [6.45, 7) is 1.23. The molecular formula is C28H23ClFNO3. The van der Waals surface area contributed by atoms with Gasteiger partial charge in [0.25, 0.3) is 0 Å². The summed E-state index contributed by atoms with van der Waals surface area (Å²) in [4.78, 5) is 13.6. The topological polar surface area (TPSA) is 53.7 Å². The molecular weight excluding hydrogens is 453 g/mol. The lowest BCUT2D eigenvalue weighted by Gasteiger charge is -2.24. The summed E-state index contributed by atoms with van der Waals surface area (Å²) in [6.07, 6.45) is 2.05. The number of halogens is 2. The van der Waals surface area contributed by atoms with E-state index in [1.807, 2.05) is 60.7 Å². The average molecular weight is 476 g/mol. The van der Waals surface area contributed by atoms with E-state index in [9.17, 15) is 9.90 Å². The summed E-state index contributed by atoms with van der Waals surface area (Å²) in [5.41, 5.74) is 4.50. The van der Waals surface area contributed by atoms with Gasteiger partial charge in [-0.3, -0.25) is 9.69 Å². The maximum atomic E-state index is 15.6. The van der Waals surface area contributed by atoms with E-state index in [-0.39, 0.29) is 23.4 Å². The Morgan fingerprint density at radius 1 is 1.06 bits per heavy atom. The molecule has 0 radical (unpaired) electrons. The first-order valence-electron chi connectivity index (χ1n) is 11.6. The average Bonchev–Trinajstić information content (AvgIpc) is 3.58. The van der Waals surface area contributed by atoms with Gasteiger partial charge < -0.3 is 9.52 Å². The smallest absolute Gasteiger partial charge is 0.307 e. The van der Waals surface area contributed by atoms with Crippen molar-refractivity contribution in [2.75, 3.05) is 13.1 Å². The minimum Gasteiger partial charge on any atom is -0.481 e. The quantitative estimate of drug-likeness (QED) is 0.347. The van der Waals surface area contributed by atoms with Crippen molar-refractivity contribution in [2.24, 2.45) is 5.92 Å². The molecule has 4 nitrogen and oxygen atoms in total. The van der Waals surface area contributed by atoms with Crippen molar-refractivity contribution in [3.8, 4) is 22.5 Å². The van der Waals surface area contributed by atoms with Crippen LogP contribution >= 0.6 is 11.6 Å². The highest BCUT2D eigenvalue weighted by Crippen LogP contribution is 2.44. The van der Waals surface area contributed by atoms with Crippen LogP contribution in [0.5, 0.6) is 0 Å². The van der Waals surface area contributed by atoms with Crippen molar-refractivity contribution in [3.63, 3.8) is 0 Å². The van der Waals surface area contributed by atoms with Crippen LogP contribution in [0.4, 0.5) is 4.39 Å². The number of carboxylic acid groups (broad SMARTS) is 1. The number of rotatable bonds is 4. The Morgan fingerprint density at radius 3 is 2.62 bits per heavy atom. The molecule has 0 bridgehead atoms. The number of hydrogen-bond acceptors (Lipinski definition) is 3. The van der Waals surface area contributed by atoms with E-state index in [1.165, 1.54) is 0 Å². The Hall–Kier alpha value is -3.15. The van der Waals surface area contributed by atoms with Crippen LogP contribution in [0.3, 0.4) is 0 Å². The number of furan rings is 1. The molecule has 1 aliphatic heterocycles. The Bertz CT molecular complexity index is 1410. The minimum absolute atomic E-state index is 0.0431. The summed E-state index contributed by atoms with van der Waals surface area (Å²) >= 11 is 6.79. The third-order valence-corrected chi connectivity index (χ3v) is 7.68. The number of carbonyl (C=O) groups is 1. The standard InChI is InChI=1S/C28H23ClFNO3/c29-25-19(16-5-2-1-3-6-16)7-4-8-21(25)24-14-18-13-22-20(26(30)27(18)34-24)9-10-23(22)31-12-11-17(15-31)28(32)33/h1-8,13-14,17,23H,9-12,15H2,(H,32,33)/t17-,23-/m1/s1. The normalized spacial score (nSPS) is 20.2. The second kappa shape index (κ2) is 8.26. The SMILES string of the molecule is O=C(O)[C@@H]1CCN([C@@H]2CCc3c2cc2cc(-c4cccc(-c5ccccc5)c4Cl)oc2c3F)C1. The molecule has 0 spiro atoms. The fraction of sp³-hybridized carbons (Fsp3) is 0.250. The number of nitrogens with zero attached hydrogens (tertiary/aromatic N) is 1. The predicted molar refractivity (Wildman–Crippen MR) is 130 cm³/mol. The van der Waals surface area contributed by atoms with Gasteiger partial charge in [-0.15, -0.1) is 0 Å². The number of aliphatic carboxylic acids is 1. The molecule has 1 aromatic heterocycles. The zero-order chi connectivity index (χ0) is 23.4. The second-order valence-corrected chi connectivity index (χ2v) is 9.57. The molecule has 1 N–H and O–H groups in total. The number of likely N-dealkylation sites (tertiary alicyclic amines) is 1. The molecule has 3 aromatic carbocycles. The monoisotopic (exact) mass is 475 g/mol. The highest BCUT2D eigenvalue weighted by atomic mass is 35.5. The van der Waals surface area contributed by atoms with Gasteiger partial charge in [0.05, 0.1) is 10.9 Å². The molecule has 0 amide bonds. The van der Waals surface area contributed by atoms with Crippen LogP contribution < -0.4 is 0 Å². The van der Waals surface area contributed by atoms with Crippen LogP contribution in [0.1, 0.15) is 30.0 Å². The van der Waals surface area contributed by atoms with E-state index in [0.29, 0.717) is 41.1 Å². The number of hydrogen-bond donors (Lipinski definition) is 1. The largest absolute Gasteiger partial charge is 0.481 e. The van der Waals surface area contributed by atoms with Crippen LogP contribution in [0, 0.1) is 11.7 Å². The predicted octanol–water partition coefficient (Wildman–Crippen LogP) is 6.95. The highest BCUT2D eigenvalue weighted by Gasteiger charge is 2.37. The fourth-order valence-electron chi connectivity index (χ4n) is 5.54. The van der Waals surface area contributed by atoms with Gasteiger partial charge in [0.2, 0.25) is 0 Å². The van der Waals surface area contributed by atoms with Crippen LogP contribution in [0.15, 0.2) is 65.1 Å². The van der Waals surface area contributed by atoms with Crippen LogP contribution in [0.25, 0.3) is 33.4 Å². The van der Waals surface area contributed by atoms with Gasteiger partial charge in [0.1, 0.15) is 5.76 Å². The van der Waals surface area contributed by atoms with Gasteiger partial charge in [-0.1, -0.05) is 54.1 Å². The maximum Gasteiger partial charge on any atom is 0.307 e. The third-order valence-electron chi connectivity index (χ3n) is 7.27. The Kier molecular flexibility index (Phi) is 5.19. The fourth-order valence-corrected chi connectivity index (χ4v) is 5.87. The van der Waals surface area contributed by atoms with E-state index in [2.05, 4.69) is 4.90 Å². The Labute approximate surface area is 201 Å².